The highest BCUT2D eigenvalue weighted by Crippen LogP contribution is 2.42. The molecule has 2 bridgehead atoms. The quantitative estimate of drug-likeness (QED) is 0.275. The van der Waals surface area contributed by atoms with Crippen LogP contribution in [0.3, 0.4) is 0 Å². The first kappa shape index (κ1) is 28.5. The van der Waals surface area contributed by atoms with Gasteiger partial charge in [0.15, 0.2) is 0 Å². The van der Waals surface area contributed by atoms with E-state index in [1.165, 1.54) is 22.1 Å². The summed E-state index contributed by atoms with van der Waals surface area (Å²) >= 11 is 7.54. The molecule has 2 unspecified atom stereocenters. The number of amides is 1. The molecule has 3 aliphatic rings. The maximum Gasteiger partial charge on any atom is 0.346 e. The predicted molar refractivity (Wildman–Crippen MR) is 178 cm³/mol. The third-order valence-electron chi connectivity index (χ3n) is 9.70. The smallest absolute Gasteiger partial charge is 0.346 e. The normalized spacial score (nSPS) is 20.2. The Kier molecular flexibility index (Phi) is 6.66. The molecule has 1 amide bonds. The Morgan fingerprint density at radius 2 is 1.80 bits per heavy atom. The lowest BCUT2D eigenvalue weighted by atomic mass is 9.98. The molecular weight excluding hydrogens is 613 g/mol. The van der Waals surface area contributed by atoms with E-state index in [2.05, 4.69) is 52.1 Å². The van der Waals surface area contributed by atoms with E-state index >= 15 is 0 Å². The minimum absolute atomic E-state index is 0.0194. The molecule has 3 fully saturated rings. The summed E-state index contributed by atoms with van der Waals surface area (Å²) in [6, 6.07) is 11.5. The summed E-state index contributed by atoms with van der Waals surface area (Å²) < 4.78 is 16.6. The zero-order valence-electron chi connectivity index (χ0n) is 25.2. The molecule has 232 valence electrons. The Bertz CT molecular complexity index is 1970. The largest absolute Gasteiger partial charge is 0.390 e. The van der Waals surface area contributed by atoms with Crippen LogP contribution in [-0.2, 0) is 0 Å². The fraction of sp³-hybridized carbons (Fsp3) is 0.375. The molecule has 2 atom stereocenters. The summed E-state index contributed by atoms with van der Waals surface area (Å²) in [6.07, 6.45) is 3.36. The molecule has 3 aliphatic heterocycles. The van der Waals surface area contributed by atoms with E-state index in [1.54, 1.807) is 12.3 Å². The van der Waals surface area contributed by atoms with Crippen LogP contribution in [-0.4, -0.2) is 94.0 Å². The number of nitrogens with zero attached hydrogens (tertiary/aromatic N) is 8. The first-order valence-corrected chi connectivity index (χ1v) is 16.3. The lowest BCUT2D eigenvalue weighted by Crippen LogP contribution is -2.58. The lowest BCUT2D eigenvalue weighted by molar-refractivity contribution is 0.161. The number of rotatable bonds is 4. The monoisotopic (exact) mass is 645 g/mol. The zero-order chi connectivity index (χ0) is 31.1. The van der Waals surface area contributed by atoms with Crippen LogP contribution in [0.15, 0.2) is 42.6 Å². The van der Waals surface area contributed by atoms with Gasteiger partial charge in [0.1, 0.15) is 16.8 Å². The minimum atomic E-state index is -0.262. The third kappa shape index (κ3) is 4.52. The van der Waals surface area contributed by atoms with Gasteiger partial charge in [0, 0.05) is 43.0 Å². The molecular formula is C32H33ClFN9OS. The minimum Gasteiger partial charge on any atom is -0.390 e. The molecule has 3 saturated heterocycles. The number of aromatic nitrogens is 4. The van der Waals surface area contributed by atoms with Crippen LogP contribution in [0.5, 0.6) is 0 Å². The van der Waals surface area contributed by atoms with Crippen molar-refractivity contribution < 1.29 is 9.18 Å². The second kappa shape index (κ2) is 10.5. The number of anilines is 3. The predicted octanol–water partition coefficient (Wildman–Crippen LogP) is 5.46. The third-order valence-corrected chi connectivity index (χ3v) is 11.1. The highest BCUT2D eigenvalue weighted by Gasteiger charge is 2.44. The SMILES string of the molecule is Cc1c(N)sc2c(F)ccc(-c3ccc4c(N5CC6CCC(C5)N6C(=O)n5nccc5Cl)nc(N5CC(N(C)C)C5)nc4c3)c12. The van der Waals surface area contributed by atoms with Crippen molar-refractivity contribution in [1.29, 1.82) is 0 Å². The summed E-state index contributed by atoms with van der Waals surface area (Å²) in [7, 11) is 4.19. The van der Waals surface area contributed by atoms with E-state index in [4.69, 9.17) is 27.3 Å². The number of fused-ring (bicyclic) bond motifs is 4. The second-order valence-electron chi connectivity index (χ2n) is 12.5. The molecule has 0 saturated carbocycles. The fourth-order valence-electron chi connectivity index (χ4n) is 7.10. The topological polar surface area (TPSA) is 99.6 Å². The molecule has 2 N–H and O–H groups in total. The van der Waals surface area contributed by atoms with E-state index in [0.717, 1.165) is 64.7 Å². The number of piperazine rings is 1. The number of likely N-dealkylation sites (N-methyl/N-ethyl adjacent to an activating group) is 1. The van der Waals surface area contributed by atoms with E-state index in [9.17, 15) is 9.18 Å². The first-order valence-electron chi connectivity index (χ1n) is 15.2. The summed E-state index contributed by atoms with van der Waals surface area (Å²) in [5.74, 6) is 1.31. The van der Waals surface area contributed by atoms with Crippen molar-refractivity contribution in [1.82, 2.24) is 29.5 Å². The number of halogens is 2. The molecule has 0 aliphatic carbocycles. The van der Waals surface area contributed by atoms with Gasteiger partial charge < -0.3 is 25.3 Å². The van der Waals surface area contributed by atoms with Gasteiger partial charge in [-0.3, -0.25) is 0 Å². The Labute approximate surface area is 268 Å². The molecule has 2 aromatic carbocycles. The maximum atomic E-state index is 14.8. The lowest BCUT2D eigenvalue weighted by Gasteiger charge is -2.44. The molecule has 45 heavy (non-hydrogen) atoms. The van der Waals surface area contributed by atoms with Crippen molar-refractivity contribution in [3.63, 3.8) is 0 Å². The molecule has 8 rings (SSSR count). The Hall–Kier alpha value is -4.00. The number of carbonyl (C=O) groups is 1. The van der Waals surface area contributed by atoms with E-state index < -0.39 is 0 Å². The number of hydrogen-bond acceptors (Lipinski definition) is 9. The van der Waals surface area contributed by atoms with Crippen LogP contribution in [0, 0.1) is 12.7 Å². The number of aryl methyl sites for hydroxylation is 1. The number of benzene rings is 2. The van der Waals surface area contributed by atoms with Gasteiger partial charge >= 0.3 is 6.03 Å². The standard InChI is InChI=1S/C32H33ClFN9OS/c1-17-27-22(8-9-24(34)28(27)45-29(17)35)18-4-7-23-25(12-18)37-31(41-15-21(16-41)39(2)3)38-30(23)40-13-19-5-6-20(14-40)42(19)32(44)43-26(33)10-11-36-43/h4,7-12,19-21H,5-6,13-16,35H2,1-3H3. The van der Waals surface area contributed by atoms with Crippen LogP contribution >= 0.6 is 22.9 Å². The number of hydrogen-bond donors (Lipinski definition) is 1. The van der Waals surface area contributed by atoms with Crippen LogP contribution in [0.25, 0.3) is 32.1 Å². The summed E-state index contributed by atoms with van der Waals surface area (Å²) in [4.78, 5) is 32.4. The molecule has 6 heterocycles. The first-order chi connectivity index (χ1) is 21.7. The van der Waals surface area contributed by atoms with Crippen LogP contribution in [0.1, 0.15) is 18.4 Å². The maximum absolute atomic E-state index is 14.8. The van der Waals surface area contributed by atoms with Crippen LogP contribution < -0.4 is 15.5 Å². The molecule has 0 radical (unpaired) electrons. The highest BCUT2D eigenvalue weighted by molar-refractivity contribution is 7.23. The average Bonchev–Trinajstić information content (AvgIpc) is 3.64. The molecule has 0 spiro atoms. The van der Waals surface area contributed by atoms with Gasteiger partial charge in [-0.15, -0.1) is 11.3 Å². The number of nitrogen functional groups attached to an aromatic ring is 1. The van der Waals surface area contributed by atoms with Gasteiger partial charge in [-0.2, -0.15) is 14.8 Å². The van der Waals surface area contributed by atoms with Crippen molar-refractivity contribution in [2.75, 3.05) is 55.8 Å². The molecule has 13 heteroatoms. The number of thiophene rings is 1. The van der Waals surface area contributed by atoms with Gasteiger partial charge in [-0.05, 0) is 74.8 Å². The van der Waals surface area contributed by atoms with Crippen molar-refractivity contribution in [2.45, 2.75) is 37.9 Å². The number of nitrogens with two attached hydrogens (primary N) is 1. The summed E-state index contributed by atoms with van der Waals surface area (Å²) in [6.45, 7) is 4.95. The van der Waals surface area contributed by atoms with Crippen molar-refractivity contribution in [3.8, 4) is 11.1 Å². The zero-order valence-corrected chi connectivity index (χ0v) is 26.8. The van der Waals surface area contributed by atoms with Gasteiger partial charge in [-0.1, -0.05) is 23.7 Å². The number of carbonyl (C=O) groups excluding carboxylic acids is 1. The van der Waals surface area contributed by atoms with Crippen molar-refractivity contribution in [2.24, 2.45) is 0 Å². The van der Waals surface area contributed by atoms with E-state index in [-0.39, 0.29) is 23.9 Å². The summed E-state index contributed by atoms with van der Waals surface area (Å²) in [5, 5.41) is 6.89. The molecule has 3 aromatic heterocycles. The van der Waals surface area contributed by atoms with Gasteiger partial charge in [-0.25, -0.2) is 14.2 Å². The molecule has 5 aromatic rings. The Morgan fingerprint density at radius 3 is 2.49 bits per heavy atom. The van der Waals surface area contributed by atoms with E-state index in [1.807, 2.05) is 17.9 Å². The van der Waals surface area contributed by atoms with Gasteiger partial charge in [0.05, 0.1) is 33.5 Å². The second-order valence-corrected chi connectivity index (χ2v) is 14.0. The fourth-order valence-corrected chi connectivity index (χ4v) is 8.28. The van der Waals surface area contributed by atoms with Crippen LogP contribution in [0.4, 0.5) is 26.0 Å². The van der Waals surface area contributed by atoms with Gasteiger partial charge in [0.2, 0.25) is 5.95 Å². The molecule has 10 nitrogen and oxygen atoms in total. The Morgan fingerprint density at radius 1 is 1.04 bits per heavy atom. The highest BCUT2D eigenvalue weighted by atomic mass is 35.5. The van der Waals surface area contributed by atoms with Gasteiger partial charge in [0.25, 0.3) is 0 Å². The Balaban J connectivity index is 1.20. The summed E-state index contributed by atoms with van der Waals surface area (Å²) in [5.41, 5.74) is 9.84. The van der Waals surface area contributed by atoms with E-state index in [0.29, 0.717) is 39.9 Å². The average molecular weight is 646 g/mol. The van der Waals surface area contributed by atoms with Crippen molar-refractivity contribution in [3.05, 3.63) is 59.1 Å². The van der Waals surface area contributed by atoms with Crippen molar-refractivity contribution >= 4 is 66.7 Å². The van der Waals surface area contributed by atoms with Crippen LogP contribution in [0.2, 0.25) is 5.15 Å².